The van der Waals surface area contributed by atoms with E-state index in [-0.39, 0.29) is 0 Å². The van der Waals surface area contributed by atoms with Crippen molar-refractivity contribution in [3.63, 3.8) is 0 Å². The highest BCUT2D eigenvalue weighted by Crippen LogP contribution is 2.29. The SMILES string of the molecule is COc1ccc(CCC2CCCCN2CC2CCNCC2)cc1OC. The van der Waals surface area contributed by atoms with Crippen LogP contribution in [0.15, 0.2) is 18.2 Å². The molecule has 2 aliphatic rings. The summed E-state index contributed by atoms with van der Waals surface area (Å²) in [6.45, 7) is 5.00. The van der Waals surface area contributed by atoms with E-state index < -0.39 is 0 Å². The molecule has 0 bridgehead atoms. The van der Waals surface area contributed by atoms with Crippen LogP contribution in [0.4, 0.5) is 0 Å². The minimum atomic E-state index is 0.747. The van der Waals surface area contributed by atoms with Gasteiger partial charge < -0.3 is 19.7 Å². The van der Waals surface area contributed by atoms with Crippen LogP contribution < -0.4 is 14.8 Å². The Balaban J connectivity index is 1.56. The lowest BCUT2D eigenvalue weighted by molar-refractivity contribution is 0.109. The molecule has 0 amide bonds. The first-order valence-corrected chi connectivity index (χ1v) is 9.96. The van der Waals surface area contributed by atoms with Gasteiger partial charge in [0.25, 0.3) is 0 Å². The van der Waals surface area contributed by atoms with Crippen LogP contribution in [0.3, 0.4) is 0 Å². The maximum Gasteiger partial charge on any atom is 0.160 e. The molecule has 0 radical (unpaired) electrons. The summed E-state index contributed by atoms with van der Waals surface area (Å²) in [5.74, 6) is 2.55. The lowest BCUT2D eigenvalue weighted by atomic mass is 9.92. The number of methoxy groups -OCH3 is 2. The van der Waals surface area contributed by atoms with Crippen LogP contribution in [-0.2, 0) is 6.42 Å². The van der Waals surface area contributed by atoms with Gasteiger partial charge in [-0.05, 0) is 81.8 Å². The van der Waals surface area contributed by atoms with Gasteiger partial charge >= 0.3 is 0 Å². The Bertz CT molecular complexity index is 529. The normalized spacial score (nSPS) is 22.7. The van der Waals surface area contributed by atoms with Gasteiger partial charge in [0.2, 0.25) is 0 Å². The van der Waals surface area contributed by atoms with Crippen molar-refractivity contribution in [1.82, 2.24) is 10.2 Å². The molecule has 0 aliphatic carbocycles. The second-order valence-electron chi connectivity index (χ2n) is 7.57. The average Bonchev–Trinajstić information content (AvgIpc) is 2.68. The Morgan fingerprint density at radius 2 is 1.84 bits per heavy atom. The number of likely N-dealkylation sites (tertiary alicyclic amines) is 1. The van der Waals surface area contributed by atoms with Crippen LogP contribution in [0.1, 0.15) is 44.1 Å². The maximum absolute atomic E-state index is 5.45. The third-order valence-corrected chi connectivity index (χ3v) is 5.91. The summed E-state index contributed by atoms with van der Waals surface area (Å²) in [6.07, 6.45) is 9.18. The van der Waals surface area contributed by atoms with Gasteiger partial charge in [0.05, 0.1) is 14.2 Å². The van der Waals surface area contributed by atoms with Crippen molar-refractivity contribution in [1.29, 1.82) is 0 Å². The third-order valence-electron chi connectivity index (χ3n) is 5.91. The quantitative estimate of drug-likeness (QED) is 0.819. The van der Waals surface area contributed by atoms with E-state index >= 15 is 0 Å². The summed E-state index contributed by atoms with van der Waals surface area (Å²) in [4.78, 5) is 2.79. The fourth-order valence-corrected chi connectivity index (χ4v) is 4.39. The van der Waals surface area contributed by atoms with Crippen molar-refractivity contribution in [3.05, 3.63) is 23.8 Å². The van der Waals surface area contributed by atoms with Crippen molar-refractivity contribution in [2.75, 3.05) is 40.4 Å². The Labute approximate surface area is 152 Å². The van der Waals surface area contributed by atoms with Crippen molar-refractivity contribution in [2.24, 2.45) is 5.92 Å². The zero-order chi connectivity index (χ0) is 17.5. The topological polar surface area (TPSA) is 33.7 Å². The number of hydrogen-bond acceptors (Lipinski definition) is 4. The summed E-state index contributed by atoms with van der Waals surface area (Å²) in [5, 5.41) is 3.49. The zero-order valence-corrected chi connectivity index (χ0v) is 15.9. The van der Waals surface area contributed by atoms with Crippen molar-refractivity contribution in [2.45, 2.75) is 51.0 Å². The van der Waals surface area contributed by atoms with Gasteiger partial charge in [-0.15, -0.1) is 0 Å². The maximum atomic E-state index is 5.45. The number of benzene rings is 1. The van der Waals surface area contributed by atoms with E-state index in [1.807, 2.05) is 6.07 Å². The molecule has 0 saturated carbocycles. The third kappa shape index (κ3) is 5.11. The van der Waals surface area contributed by atoms with Gasteiger partial charge in [0.1, 0.15) is 0 Å². The first-order valence-electron chi connectivity index (χ1n) is 9.96. The molecule has 3 rings (SSSR count). The van der Waals surface area contributed by atoms with Gasteiger partial charge in [0, 0.05) is 12.6 Å². The monoisotopic (exact) mass is 346 g/mol. The molecule has 1 aromatic carbocycles. The van der Waals surface area contributed by atoms with Crippen molar-refractivity contribution in [3.8, 4) is 11.5 Å². The number of nitrogens with one attached hydrogen (secondary N) is 1. The zero-order valence-electron chi connectivity index (χ0n) is 15.9. The minimum Gasteiger partial charge on any atom is -0.493 e. The van der Waals surface area contributed by atoms with Gasteiger partial charge in [-0.2, -0.15) is 0 Å². The second kappa shape index (κ2) is 9.44. The summed E-state index contributed by atoms with van der Waals surface area (Å²) in [6, 6.07) is 7.10. The molecule has 2 heterocycles. The van der Waals surface area contributed by atoms with E-state index in [9.17, 15) is 0 Å². The molecule has 2 saturated heterocycles. The summed E-state index contributed by atoms with van der Waals surface area (Å²) in [5.41, 5.74) is 1.35. The molecule has 1 unspecified atom stereocenters. The second-order valence-corrected chi connectivity index (χ2v) is 7.57. The molecule has 1 aromatic rings. The highest BCUT2D eigenvalue weighted by atomic mass is 16.5. The van der Waals surface area contributed by atoms with E-state index in [1.165, 1.54) is 70.3 Å². The van der Waals surface area contributed by atoms with Crippen LogP contribution in [0.25, 0.3) is 0 Å². The molecule has 2 fully saturated rings. The number of piperidine rings is 2. The standard InChI is InChI=1S/C21H34N2O2/c1-24-20-9-7-17(15-21(20)25-2)6-8-19-5-3-4-14-23(19)16-18-10-12-22-13-11-18/h7,9,15,18-19,22H,3-6,8,10-14,16H2,1-2H3. The first kappa shape index (κ1) is 18.5. The fraction of sp³-hybridized carbons (Fsp3) is 0.714. The van der Waals surface area contributed by atoms with Gasteiger partial charge in [0.15, 0.2) is 11.5 Å². The lowest BCUT2D eigenvalue weighted by Crippen LogP contribution is -2.44. The molecule has 0 spiro atoms. The molecule has 4 heteroatoms. The molecular weight excluding hydrogens is 312 g/mol. The Hall–Kier alpha value is -1.26. The van der Waals surface area contributed by atoms with E-state index in [0.29, 0.717) is 0 Å². The molecule has 140 valence electrons. The molecule has 2 aliphatic heterocycles. The van der Waals surface area contributed by atoms with Crippen molar-refractivity contribution >= 4 is 0 Å². The molecule has 1 N–H and O–H groups in total. The van der Waals surface area contributed by atoms with Crippen LogP contribution in [0.2, 0.25) is 0 Å². The van der Waals surface area contributed by atoms with E-state index in [1.54, 1.807) is 14.2 Å². The number of ether oxygens (including phenoxy) is 2. The summed E-state index contributed by atoms with van der Waals surface area (Å²) in [7, 11) is 3.40. The first-order chi connectivity index (χ1) is 12.3. The van der Waals surface area contributed by atoms with Crippen LogP contribution in [0.5, 0.6) is 11.5 Å². The van der Waals surface area contributed by atoms with Gasteiger partial charge in [-0.25, -0.2) is 0 Å². The van der Waals surface area contributed by atoms with Crippen LogP contribution >= 0.6 is 0 Å². The predicted octanol–water partition coefficient (Wildman–Crippen LogP) is 3.49. The fourth-order valence-electron chi connectivity index (χ4n) is 4.39. The smallest absolute Gasteiger partial charge is 0.160 e. The van der Waals surface area contributed by atoms with Gasteiger partial charge in [-0.1, -0.05) is 12.5 Å². The largest absolute Gasteiger partial charge is 0.493 e. The average molecular weight is 347 g/mol. The molecule has 1 atom stereocenters. The molecule has 4 nitrogen and oxygen atoms in total. The van der Waals surface area contributed by atoms with E-state index in [0.717, 1.165) is 29.9 Å². The Kier molecular flexibility index (Phi) is 7.00. The molecule has 0 aromatic heterocycles. The number of hydrogen-bond donors (Lipinski definition) is 1. The predicted molar refractivity (Wildman–Crippen MR) is 103 cm³/mol. The lowest BCUT2D eigenvalue weighted by Gasteiger charge is -2.39. The molecular formula is C21H34N2O2. The van der Waals surface area contributed by atoms with E-state index in [4.69, 9.17) is 9.47 Å². The number of nitrogens with zero attached hydrogens (tertiary/aromatic N) is 1. The summed E-state index contributed by atoms with van der Waals surface area (Å²) >= 11 is 0. The minimum absolute atomic E-state index is 0.747. The number of aryl methyl sites for hydroxylation is 1. The summed E-state index contributed by atoms with van der Waals surface area (Å²) < 4.78 is 10.8. The van der Waals surface area contributed by atoms with Crippen LogP contribution in [-0.4, -0.2) is 51.3 Å². The Morgan fingerprint density at radius 3 is 2.60 bits per heavy atom. The Morgan fingerprint density at radius 1 is 1.04 bits per heavy atom. The van der Waals surface area contributed by atoms with Gasteiger partial charge in [-0.3, -0.25) is 0 Å². The van der Waals surface area contributed by atoms with Crippen LogP contribution in [0, 0.1) is 5.92 Å². The van der Waals surface area contributed by atoms with Crippen molar-refractivity contribution < 1.29 is 9.47 Å². The number of rotatable bonds is 7. The van der Waals surface area contributed by atoms with E-state index in [2.05, 4.69) is 22.3 Å². The molecule has 25 heavy (non-hydrogen) atoms. The highest BCUT2D eigenvalue weighted by Gasteiger charge is 2.25. The highest BCUT2D eigenvalue weighted by molar-refractivity contribution is 5.42.